The Balaban J connectivity index is 0. The highest BCUT2D eigenvalue weighted by atomic mass is 16.6. The van der Waals surface area contributed by atoms with E-state index in [1.807, 2.05) is 6.92 Å². The van der Waals surface area contributed by atoms with Crippen molar-refractivity contribution in [1.82, 2.24) is 5.32 Å². The minimum Gasteiger partial charge on any atom is -0.446 e. The summed E-state index contributed by atoms with van der Waals surface area (Å²) < 4.78 is 5.47. The maximum Gasteiger partial charge on any atom is 0.407 e. The summed E-state index contributed by atoms with van der Waals surface area (Å²) >= 11 is 0. The van der Waals surface area contributed by atoms with E-state index in [9.17, 15) is 4.79 Å². The molecule has 0 aromatic carbocycles. The van der Waals surface area contributed by atoms with Crippen molar-refractivity contribution in [3.05, 3.63) is 0 Å². The fourth-order valence-electron chi connectivity index (χ4n) is 1.55. The van der Waals surface area contributed by atoms with Gasteiger partial charge in [0.2, 0.25) is 0 Å². The van der Waals surface area contributed by atoms with E-state index in [1.165, 1.54) is 0 Å². The van der Waals surface area contributed by atoms with Crippen LogP contribution in [0.25, 0.3) is 0 Å². The molecule has 0 bridgehead atoms. The van der Waals surface area contributed by atoms with Gasteiger partial charge in [0.1, 0.15) is 6.10 Å². The number of nitrogens with one attached hydrogen (secondary N) is 1. The molecule has 0 rings (SSSR count). The molecule has 2 unspecified atom stereocenters. The number of carbonyl (C=O) groups is 1. The largest absolute Gasteiger partial charge is 0.446 e. The number of amides is 1. The van der Waals surface area contributed by atoms with Gasteiger partial charge in [-0.2, -0.15) is 0 Å². The van der Waals surface area contributed by atoms with Crippen molar-refractivity contribution in [2.45, 2.75) is 60.0 Å². The molecule has 0 heterocycles. The van der Waals surface area contributed by atoms with Gasteiger partial charge in [0.25, 0.3) is 0 Å². The molecular formula is C13H29NO2. The number of carbonyl (C=O) groups excluding carboxylic acids is 1. The van der Waals surface area contributed by atoms with Gasteiger partial charge in [-0.05, 0) is 24.7 Å². The van der Waals surface area contributed by atoms with Gasteiger partial charge in [-0.1, -0.05) is 41.0 Å². The predicted molar refractivity (Wildman–Crippen MR) is 69.6 cm³/mol. The number of hydrogen-bond acceptors (Lipinski definition) is 2. The zero-order chi connectivity index (χ0) is 12.6. The van der Waals surface area contributed by atoms with Crippen LogP contribution in [0, 0.1) is 11.8 Å². The van der Waals surface area contributed by atoms with E-state index < -0.39 is 0 Å². The summed E-state index contributed by atoms with van der Waals surface area (Å²) in [5.74, 6) is 0.947. The van der Waals surface area contributed by atoms with E-state index in [4.69, 9.17) is 4.74 Å². The van der Waals surface area contributed by atoms with Crippen LogP contribution in [0.4, 0.5) is 4.79 Å². The Labute approximate surface area is 101 Å². The minimum absolute atomic E-state index is 0. The highest BCUT2D eigenvalue weighted by Crippen LogP contribution is 2.21. The molecule has 0 aliphatic rings. The summed E-state index contributed by atoms with van der Waals surface area (Å²) in [6, 6.07) is 0. The van der Waals surface area contributed by atoms with E-state index in [0.717, 1.165) is 19.3 Å². The highest BCUT2D eigenvalue weighted by Gasteiger charge is 2.23. The smallest absolute Gasteiger partial charge is 0.407 e. The zero-order valence-corrected chi connectivity index (χ0v) is 11.4. The van der Waals surface area contributed by atoms with E-state index >= 15 is 0 Å². The first kappa shape index (κ1) is 15.3. The van der Waals surface area contributed by atoms with Crippen LogP contribution in [0.1, 0.15) is 55.3 Å². The summed E-state index contributed by atoms with van der Waals surface area (Å²) in [5, 5.41) is 2.75. The van der Waals surface area contributed by atoms with Crippen LogP contribution in [-0.2, 0) is 4.74 Å². The molecule has 16 heavy (non-hydrogen) atoms. The third-order valence-corrected chi connectivity index (χ3v) is 2.99. The number of hydrogen-bond donors (Lipinski definition) is 1. The fourth-order valence-corrected chi connectivity index (χ4v) is 1.55. The lowest BCUT2D eigenvalue weighted by molar-refractivity contribution is 0.0464. The quantitative estimate of drug-likeness (QED) is 0.723. The molecule has 3 heteroatoms. The van der Waals surface area contributed by atoms with Gasteiger partial charge < -0.3 is 10.1 Å². The molecule has 0 saturated heterocycles. The predicted octanol–water partition coefficient (Wildman–Crippen LogP) is 3.83. The summed E-state index contributed by atoms with van der Waals surface area (Å²) in [6.45, 7) is 11.3. The number of ether oxygens (including phenoxy) is 1. The van der Waals surface area contributed by atoms with Crippen LogP contribution in [-0.4, -0.2) is 18.7 Å². The molecule has 1 N–H and O–H groups in total. The second-order valence-electron chi connectivity index (χ2n) is 4.76. The van der Waals surface area contributed by atoms with Gasteiger partial charge in [0, 0.05) is 7.97 Å². The molecule has 0 aliphatic carbocycles. The molecule has 0 saturated carbocycles. The number of alkyl carbamates (subject to hydrolysis) is 1. The Hall–Kier alpha value is -0.730. The lowest BCUT2D eigenvalue weighted by Gasteiger charge is -2.26. The lowest BCUT2D eigenvalue weighted by atomic mass is 9.90. The summed E-state index contributed by atoms with van der Waals surface area (Å²) in [6.07, 6.45) is 2.70. The van der Waals surface area contributed by atoms with Crippen molar-refractivity contribution in [1.29, 1.82) is 0 Å². The molecule has 0 aliphatic heterocycles. The van der Waals surface area contributed by atoms with Gasteiger partial charge in [0.05, 0.1) is 0 Å². The highest BCUT2D eigenvalue weighted by molar-refractivity contribution is 5.67. The third kappa shape index (κ3) is 5.99. The summed E-state index contributed by atoms with van der Waals surface area (Å²) in [4.78, 5) is 11.5. The van der Waals surface area contributed by atoms with Crippen LogP contribution in [0.2, 0.25) is 0 Å². The monoisotopic (exact) mass is 231 g/mol. The topological polar surface area (TPSA) is 38.3 Å². The van der Waals surface area contributed by atoms with Gasteiger partial charge in [-0.15, -0.1) is 0 Å². The first-order chi connectivity index (χ1) is 7.52. The van der Waals surface area contributed by atoms with Crippen molar-refractivity contribution in [3.63, 3.8) is 0 Å². The van der Waals surface area contributed by atoms with Crippen molar-refractivity contribution in [2.75, 3.05) is 6.54 Å². The molecule has 0 aromatic heterocycles. The first-order valence-electron chi connectivity index (χ1n) is 6.47. The van der Waals surface area contributed by atoms with E-state index in [0.29, 0.717) is 18.4 Å². The second kappa shape index (κ2) is 8.43. The average Bonchev–Trinajstić information content (AvgIpc) is 2.24. The Bertz CT molecular complexity index is 198. The first-order valence-corrected chi connectivity index (χ1v) is 6.47. The normalized spacial score (nSPS) is 14.6. The van der Waals surface area contributed by atoms with Crippen LogP contribution in [0.15, 0.2) is 0 Å². The SMILES string of the molecule is CCCNC(=O)OC(CCC)C(C)C(C)C.[HH]. The third-order valence-electron chi connectivity index (χ3n) is 2.99. The van der Waals surface area contributed by atoms with Crippen LogP contribution in [0.5, 0.6) is 0 Å². The molecule has 0 aromatic rings. The Morgan fingerprint density at radius 3 is 2.31 bits per heavy atom. The molecular weight excluding hydrogens is 202 g/mol. The van der Waals surface area contributed by atoms with E-state index in [1.54, 1.807) is 0 Å². The standard InChI is InChI=1S/C13H27NO2.H2/c1-6-8-12(11(5)10(3)4)16-13(15)14-9-7-2;/h10-12H,6-9H2,1-5H3,(H,14,15);1H. The Morgan fingerprint density at radius 1 is 1.25 bits per heavy atom. The van der Waals surface area contributed by atoms with Crippen molar-refractivity contribution >= 4 is 6.09 Å². The van der Waals surface area contributed by atoms with Crippen molar-refractivity contribution < 1.29 is 11.0 Å². The maximum atomic E-state index is 11.5. The molecule has 0 radical (unpaired) electrons. The van der Waals surface area contributed by atoms with Crippen LogP contribution >= 0.6 is 0 Å². The van der Waals surface area contributed by atoms with Crippen LogP contribution < -0.4 is 5.32 Å². The van der Waals surface area contributed by atoms with Gasteiger partial charge in [-0.25, -0.2) is 4.79 Å². The lowest BCUT2D eigenvalue weighted by Crippen LogP contribution is -2.34. The molecule has 0 fully saturated rings. The Morgan fingerprint density at radius 2 is 1.88 bits per heavy atom. The second-order valence-corrected chi connectivity index (χ2v) is 4.76. The van der Waals surface area contributed by atoms with Crippen molar-refractivity contribution in [3.8, 4) is 0 Å². The number of rotatable bonds is 7. The van der Waals surface area contributed by atoms with Gasteiger partial charge >= 0.3 is 6.09 Å². The molecule has 3 nitrogen and oxygen atoms in total. The molecule has 2 atom stereocenters. The van der Waals surface area contributed by atoms with Crippen LogP contribution in [0.3, 0.4) is 0 Å². The molecule has 1 amide bonds. The van der Waals surface area contributed by atoms with Gasteiger partial charge in [0.15, 0.2) is 0 Å². The summed E-state index contributed by atoms with van der Waals surface area (Å²) in [7, 11) is 0. The molecule has 98 valence electrons. The Kier molecular flexibility index (Phi) is 8.04. The van der Waals surface area contributed by atoms with Gasteiger partial charge in [-0.3, -0.25) is 0 Å². The molecule has 0 spiro atoms. The van der Waals surface area contributed by atoms with E-state index in [2.05, 4.69) is 33.0 Å². The fraction of sp³-hybridized carbons (Fsp3) is 0.923. The maximum absolute atomic E-state index is 11.5. The minimum atomic E-state index is -0.271. The van der Waals surface area contributed by atoms with Crippen molar-refractivity contribution in [2.24, 2.45) is 11.8 Å². The average molecular weight is 231 g/mol. The summed E-state index contributed by atoms with van der Waals surface area (Å²) in [5.41, 5.74) is 0. The zero-order valence-electron chi connectivity index (χ0n) is 11.4. The van der Waals surface area contributed by atoms with E-state index in [-0.39, 0.29) is 13.6 Å².